The van der Waals surface area contributed by atoms with Crippen molar-refractivity contribution in [1.82, 2.24) is 5.32 Å². The lowest BCUT2D eigenvalue weighted by atomic mass is 10.2. The van der Waals surface area contributed by atoms with Crippen LogP contribution in [0.25, 0.3) is 0 Å². The summed E-state index contributed by atoms with van der Waals surface area (Å²) in [6, 6.07) is 4.55. The van der Waals surface area contributed by atoms with E-state index in [1.165, 1.54) is 4.88 Å². The van der Waals surface area contributed by atoms with Crippen LogP contribution in [0.3, 0.4) is 0 Å². The number of primary amides is 1. The zero-order valence-electron chi connectivity index (χ0n) is 9.33. The Morgan fingerprint density at radius 1 is 1.56 bits per heavy atom. The topological polar surface area (TPSA) is 55.1 Å². The monoisotopic (exact) mass is 304 g/mol. The fourth-order valence-electron chi connectivity index (χ4n) is 1.40. The Bertz CT molecular complexity index is 340. The number of rotatable bonds is 7. The standard InChI is InChI=1S/C11H17BrN2OS/c1-8(9-5-6-10(12)16-9)14-7-3-2-4-11(13)15/h5-6,8,14H,2-4,7H2,1H3,(H2,13,15). The Morgan fingerprint density at radius 3 is 2.88 bits per heavy atom. The fourth-order valence-corrected chi connectivity index (χ4v) is 2.85. The predicted molar refractivity (Wildman–Crippen MR) is 71.5 cm³/mol. The minimum Gasteiger partial charge on any atom is -0.370 e. The number of hydrogen-bond donors (Lipinski definition) is 2. The van der Waals surface area contributed by atoms with E-state index in [1.807, 2.05) is 0 Å². The largest absolute Gasteiger partial charge is 0.370 e. The van der Waals surface area contributed by atoms with Gasteiger partial charge < -0.3 is 11.1 Å². The smallest absolute Gasteiger partial charge is 0.217 e. The van der Waals surface area contributed by atoms with Crippen LogP contribution in [0.15, 0.2) is 15.9 Å². The second kappa shape index (κ2) is 7.04. The average molecular weight is 305 g/mol. The number of unbranched alkanes of at least 4 members (excludes halogenated alkanes) is 1. The summed E-state index contributed by atoms with van der Waals surface area (Å²) in [6.07, 6.45) is 2.34. The van der Waals surface area contributed by atoms with Gasteiger partial charge in [0, 0.05) is 17.3 Å². The van der Waals surface area contributed by atoms with Gasteiger partial charge in [-0.3, -0.25) is 4.79 Å². The van der Waals surface area contributed by atoms with Crippen molar-refractivity contribution in [3.05, 3.63) is 20.8 Å². The molecule has 5 heteroatoms. The van der Waals surface area contributed by atoms with Crippen LogP contribution in [0.2, 0.25) is 0 Å². The third-order valence-corrected chi connectivity index (χ3v) is 4.13. The molecule has 0 aliphatic heterocycles. The summed E-state index contributed by atoms with van der Waals surface area (Å²) in [5.41, 5.74) is 5.07. The lowest BCUT2D eigenvalue weighted by molar-refractivity contribution is -0.118. The molecule has 0 radical (unpaired) electrons. The van der Waals surface area contributed by atoms with Gasteiger partial charge in [0.25, 0.3) is 0 Å². The molecule has 1 rings (SSSR count). The van der Waals surface area contributed by atoms with Crippen molar-refractivity contribution in [3.8, 4) is 0 Å². The summed E-state index contributed by atoms with van der Waals surface area (Å²) >= 11 is 5.19. The minimum absolute atomic E-state index is 0.213. The summed E-state index contributed by atoms with van der Waals surface area (Å²) in [6.45, 7) is 3.07. The molecule has 90 valence electrons. The maximum atomic E-state index is 10.5. The van der Waals surface area contributed by atoms with Gasteiger partial charge in [0.05, 0.1) is 3.79 Å². The summed E-state index contributed by atoms with van der Waals surface area (Å²) in [7, 11) is 0. The molecule has 1 aromatic rings. The van der Waals surface area contributed by atoms with Crippen LogP contribution in [0.1, 0.15) is 37.1 Å². The zero-order chi connectivity index (χ0) is 12.0. The fraction of sp³-hybridized carbons (Fsp3) is 0.545. The van der Waals surface area contributed by atoms with Crippen molar-refractivity contribution in [2.24, 2.45) is 5.73 Å². The van der Waals surface area contributed by atoms with Gasteiger partial charge in [-0.1, -0.05) is 0 Å². The zero-order valence-corrected chi connectivity index (χ0v) is 11.7. The normalized spacial score (nSPS) is 12.6. The van der Waals surface area contributed by atoms with Gasteiger partial charge in [-0.15, -0.1) is 11.3 Å². The average Bonchev–Trinajstić information content (AvgIpc) is 2.63. The molecule has 1 amide bonds. The quantitative estimate of drug-likeness (QED) is 0.761. The van der Waals surface area contributed by atoms with Crippen LogP contribution in [-0.4, -0.2) is 12.5 Å². The van der Waals surface area contributed by atoms with E-state index in [0.29, 0.717) is 12.5 Å². The van der Waals surface area contributed by atoms with Crippen molar-refractivity contribution in [2.45, 2.75) is 32.2 Å². The van der Waals surface area contributed by atoms with E-state index in [1.54, 1.807) is 11.3 Å². The highest BCUT2D eigenvalue weighted by Crippen LogP contribution is 2.26. The number of halogens is 1. The molecule has 0 fully saturated rings. The SMILES string of the molecule is CC(NCCCCC(N)=O)c1ccc(Br)s1. The molecule has 0 spiro atoms. The summed E-state index contributed by atoms with van der Waals surface area (Å²) in [5, 5.41) is 3.42. The lowest BCUT2D eigenvalue weighted by Gasteiger charge is -2.11. The van der Waals surface area contributed by atoms with Gasteiger partial charge >= 0.3 is 0 Å². The van der Waals surface area contributed by atoms with E-state index < -0.39 is 0 Å². The maximum Gasteiger partial charge on any atom is 0.217 e. The number of amides is 1. The Kier molecular flexibility index (Phi) is 6.01. The molecule has 1 unspecified atom stereocenters. The van der Waals surface area contributed by atoms with Crippen LogP contribution < -0.4 is 11.1 Å². The van der Waals surface area contributed by atoms with E-state index >= 15 is 0 Å². The summed E-state index contributed by atoms with van der Waals surface area (Å²) < 4.78 is 1.16. The molecule has 0 aliphatic rings. The number of nitrogens with one attached hydrogen (secondary N) is 1. The van der Waals surface area contributed by atoms with Crippen molar-refractivity contribution < 1.29 is 4.79 Å². The third kappa shape index (κ3) is 5.09. The van der Waals surface area contributed by atoms with Gasteiger partial charge in [0.2, 0.25) is 5.91 Å². The van der Waals surface area contributed by atoms with Crippen LogP contribution in [0.5, 0.6) is 0 Å². The van der Waals surface area contributed by atoms with E-state index in [0.717, 1.165) is 23.2 Å². The third-order valence-electron chi connectivity index (χ3n) is 2.32. The van der Waals surface area contributed by atoms with E-state index in [-0.39, 0.29) is 5.91 Å². The first kappa shape index (κ1) is 13.7. The highest BCUT2D eigenvalue weighted by Gasteiger charge is 2.06. The Hall–Kier alpha value is -0.390. The van der Waals surface area contributed by atoms with E-state index in [4.69, 9.17) is 5.73 Å². The first-order valence-corrected chi connectivity index (χ1v) is 6.97. The number of nitrogens with two attached hydrogens (primary N) is 1. The molecule has 0 saturated carbocycles. The predicted octanol–water partition coefficient (Wildman–Crippen LogP) is 2.82. The molecular weight excluding hydrogens is 288 g/mol. The molecule has 0 bridgehead atoms. The molecule has 3 nitrogen and oxygen atoms in total. The number of thiophene rings is 1. The number of hydrogen-bond acceptors (Lipinski definition) is 3. The summed E-state index contributed by atoms with van der Waals surface area (Å²) in [4.78, 5) is 11.8. The highest BCUT2D eigenvalue weighted by molar-refractivity contribution is 9.11. The van der Waals surface area contributed by atoms with Crippen molar-refractivity contribution in [1.29, 1.82) is 0 Å². The Morgan fingerprint density at radius 2 is 2.31 bits per heavy atom. The van der Waals surface area contributed by atoms with Gasteiger partial charge in [-0.05, 0) is 54.4 Å². The van der Waals surface area contributed by atoms with Crippen molar-refractivity contribution in [2.75, 3.05) is 6.54 Å². The molecule has 0 aliphatic carbocycles. The molecular formula is C11H17BrN2OS. The molecule has 0 saturated heterocycles. The molecule has 16 heavy (non-hydrogen) atoms. The Balaban J connectivity index is 2.15. The maximum absolute atomic E-state index is 10.5. The molecule has 1 atom stereocenters. The molecule has 1 heterocycles. The van der Waals surface area contributed by atoms with Crippen molar-refractivity contribution in [3.63, 3.8) is 0 Å². The van der Waals surface area contributed by atoms with Crippen LogP contribution in [-0.2, 0) is 4.79 Å². The molecule has 3 N–H and O–H groups in total. The first-order valence-electron chi connectivity index (χ1n) is 5.36. The highest BCUT2D eigenvalue weighted by atomic mass is 79.9. The number of carbonyl (C=O) groups is 1. The van der Waals surface area contributed by atoms with Crippen LogP contribution in [0, 0.1) is 0 Å². The van der Waals surface area contributed by atoms with Gasteiger partial charge in [-0.25, -0.2) is 0 Å². The second-order valence-corrected chi connectivity index (χ2v) is 6.24. The Labute approximate surface area is 109 Å². The van der Waals surface area contributed by atoms with Gasteiger partial charge in [0.1, 0.15) is 0 Å². The van der Waals surface area contributed by atoms with Crippen LogP contribution in [0.4, 0.5) is 0 Å². The van der Waals surface area contributed by atoms with E-state index in [9.17, 15) is 4.79 Å². The van der Waals surface area contributed by atoms with E-state index in [2.05, 4.69) is 40.3 Å². The molecule has 1 aromatic heterocycles. The van der Waals surface area contributed by atoms with Crippen LogP contribution >= 0.6 is 27.3 Å². The minimum atomic E-state index is -0.213. The number of carbonyl (C=O) groups excluding carboxylic acids is 1. The second-order valence-electron chi connectivity index (χ2n) is 3.74. The first-order chi connectivity index (χ1) is 7.59. The summed E-state index contributed by atoms with van der Waals surface area (Å²) in [5.74, 6) is -0.213. The van der Waals surface area contributed by atoms with Gasteiger partial charge in [-0.2, -0.15) is 0 Å². The lowest BCUT2D eigenvalue weighted by Crippen LogP contribution is -2.19. The van der Waals surface area contributed by atoms with Gasteiger partial charge in [0.15, 0.2) is 0 Å². The molecule has 0 aromatic carbocycles. The van der Waals surface area contributed by atoms with Crippen molar-refractivity contribution >= 4 is 33.2 Å².